The van der Waals surface area contributed by atoms with Crippen LogP contribution in [0.4, 0.5) is 5.69 Å². The minimum absolute atomic E-state index is 0.152. The molecule has 1 aromatic carbocycles. The van der Waals surface area contributed by atoms with Crippen LogP contribution in [-0.2, 0) is 16.4 Å². The summed E-state index contributed by atoms with van der Waals surface area (Å²) in [6, 6.07) is 6.50. The highest BCUT2D eigenvalue weighted by Crippen LogP contribution is 2.24. The molecule has 0 aromatic heterocycles. The van der Waals surface area contributed by atoms with Crippen LogP contribution in [0.1, 0.15) is 25.8 Å². The lowest BCUT2D eigenvalue weighted by atomic mass is 10.1. The van der Waals surface area contributed by atoms with Crippen LogP contribution in [0.2, 0.25) is 0 Å². The number of aryl methyl sites for hydroxylation is 1. The van der Waals surface area contributed by atoms with Gasteiger partial charge in [-0.1, -0.05) is 13.0 Å². The Bertz CT molecular complexity index is 590. The maximum Gasteiger partial charge on any atom is 0.243 e. The summed E-state index contributed by atoms with van der Waals surface area (Å²) >= 11 is 0. The second-order valence-electron chi connectivity index (χ2n) is 4.45. The molecule has 104 valence electrons. The van der Waals surface area contributed by atoms with Gasteiger partial charge in [0, 0.05) is 18.8 Å². The molecule has 0 aliphatic carbocycles. The van der Waals surface area contributed by atoms with Gasteiger partial charge in [0.05, 0.1) is 17.4 Å². The lowest BCUT2D eigenvalue weighted by Crippen LogP contribution is -2.35. The smallest absolute Gasteiger partial charge is 0.243 e. The fourth-order valence-corrected chi connectivity index (χ4v) is 3.44. The van der Waals surface area contributed by atoms with Crippen molar-refractivity contribution in [3.63, 3.8) is 0 Å². The van der Waals surface area contributed by atoms with Crippen molar-refractivity contribution in [3.05, 3.63) is 23.8 Å². The Morgan fingerprint density at radius 2 is 2.11 bits per heavy atom. The summed E-state index contributed by atoms with van der Waals surface area (Å²) in [5, 5.41) is 8.68. The van der Waals surface area contributed by atoms with Crippen molar-refractivity contribution in [1.82, 2.24) is 4.31 Å². The summed E-state index contributed by atoms with van der Waals surface area (Å²) in [5.41, 5.74) is 6.82. The maximum atomic E-state index is 12.5. The zero-order chi connectivity index (χ0) is 14.6. The molecule has 6 heteroatoms. The monoisotopic (exact) mass is 281 g/mol. The number of sulfonamides is 1. The van der Waals surface area contributed by atoms with Crippen molar-refractivity contribution in [3.8, 4) is 6.07 Å². The molecule has 1 atom stereocenters. The first-order valence-electron chi connectivity index (χ1n) is 6.08. The summed E-state index contributed by atoms with van der Waals surface area (Å²) in [6.45, 7) is 3.60. The third-order valence-corrected chi connectivity index (χ3v) is 5.19. The minimum Gasteiger partial charge on any atom is -0.399 e. The summed E-state index contributed by atoms with van der Waals surface area (Å²) in [7, 11) is -2.14. The molecule has 1 unspecified atom stereocenters. The first-order chi connectivity index (χ1) is 8.84. The third-order valence-electron chi connectivity index (χ3n) is 3.14. The molecule has 0 fully saturated rings. The van der Waals surface area contributed by atoms with Gasteiger partial charge in [-0.05, 0) is 31.0 Å². The number of benzene rings is 1. The molecule has 0 amide bonds. The average Bonchev–Trinajstić information content (AvgIpc) is 2.38. The number of hydrogen-bond acceptors (Lipinski definition) is 4. The summed E-state index contributed by atoms with van der Waals surface area (Å²) in [5.74, 6) is 0. The van der Waals surface area contributed by atoms with Crippen LogP contribution in [0.15, 0.2) is 23.1 Å². The van der Waals surface area contributed by atoms with E-state index in [0.717, 1.165) is 5.56 Å². The van der Waals surface area contributed by atoms with Gasteiger partial charge in [-0.2, -0.15) is 9.57 Å². The molecule has 0 saturated heterocycles. The van der Waals surface area contributed by atoms with Crippen LogP contribution in [0.25, 0.3) is 0 Å². The van der Waals surface area contributed by atoms with Crippen molar-refractivity contribution in [1.29, 1.82) is 5.26 Å². The third kappa shape index (κ3) is 3.25. The van der Waals surface area contributed by atoms with Crippen molar-refractivity contribution < 1.29 is 8.42 Å². The quantitative estimate of drug-likeness (QED) is 0.833. The van der Waals surface area contributed by atoms with Gasteiger partial charge in [-0.3, -0.25) is 0 Å². The van der Waals surface area contributed by atoms with Crippen LogP contribution >= 0.6 is 0 Å². The van der Waals surface area contributed by atoms with Crippen molar-refractivity contribution >= 4 is 15.7 Å². The van der Waals surface area contributed by atoms with Gasteiger partial charge in [0.2, 0.25) is 10.0 Å². The van der Waals surface area contributed by atoms with E-state index in [-0.39, 0.29) is 17.4 Å². The highest BCUT2D eigenvalue weighted by Gasteiger charge is 2.27. The lowest BCUT2D eigenvalue weighted by Gasteiger charge is -2.23. The van der Waals surface area contributed by atoms with E-state index in [1.54, 1.807) is 19.1 Å². The standard InChI is InChI=1S/C13H19N3O2S/c1-4-11-5-6-12(15)9-13(11)19(17,18)16(3)10(2)7-8-14/h5-6,9-10H,4,7,15H2,1-3H3. The second-order valence-corrected chi connectivity index (χ2v) is 6.42. The number of rotatable bonds is 5. The van der Waals surface area contributed by atoms with E-state index in [9.17, 15) is 8.42 Å². The Labute approximate surface area is 114 Å². The molecular weight excluding hydrogens is 262 g/mol. The van der Waals surface area contributed by atoms with Gasteiger partial charge in [-0.15, -0.1) is 0 Å². The van der Waals surface area contributed by atoms with Crippen LogP contribution in [0.5, 0.6) is 0 Å². The SMILES string of the molecule is CCc1ccc(N)cc1S(=O)(=O)N(C)C(C)CC#N. The maximum absolute atomic E-state index is 12.5. The lowest BCUT2D eigenvalue weighted by molar-refractivity contribution is 0.393. The van der Waals surface area contributed by atoms with E-state index in [4.69, 9.17) is 11.0 Å². The van der Waals surface area contributed by atoms with Gasteiger partial charge in [0.1, 0.15) is 0 Å². The molecule has 0 spiro atoms. The number of nitrogens with two attached hydrogens (primary N) is 1. The van der Waals surface area contributed by atoms with Crippen molar-refractivity contribution in [2.75, 3.05) is 12.8 Å². The fraction of sp³-hybridized carbons (Fsp3) is 0.462. The van der Waals surface area contributed by atoms with Gasteiger partial charge >= 0.3 is 0 Å². The zero-order valence-corrected chi connectivity index (χ0v) is 12.2. The van der Waals surface area contributed by atoms with E-state index in [2.05, 4.69) is 0 Å². The predicted octanol–water partition coefficient (Wildman–Crippen LogP) is 1.75. The Hall–Kier alpha value is -1.58. The number of hydrogen-bond donors (Lipinski definition) is 1. The molecule has 5 nitrogen and oxygen atoms in total. The van der Waals surface area contributed by atoms with E-state index in [1.165, 1.54) is 17.4 Å². The molecule has 0 heterocycles. The first-order valence-corrected chi connectivity index (χ1v) is 7.52. The predicted molar refractivity (Wildman–Crippen MR) is 74.9 cm³/mol. The second kappa shape index (κ2) is 6.04. The van der Waals surface area contributed by atoms with Gasteiger partial charge in [-0.25, -0.2) is 8.42 Å². The van der Waals surface area contributed by atoms with Crippen molar-refractivity contribution in [2.45, 2.75) is 37.6 Å². The fourth-order valence-electron chi connectivity index (χ4n) is 1.76. The van der Waals surface area contributed by atoms with Crippen LogP contribution in [0.3, 0.4) is 0 Å². The van der Waals surface area contributed by atoms with E-state index in [0.29, 0.717) is 12.1 Å². The molecule has 2 N–H and O–H groups in total. The summed E-state index contributed by atoms with van der Waals surface area (Å²) in [4.78, 5) is 0.224. The summed E-state index contributed by atoms with van der Waals surface area (Å²) < 4.78 is 26.3. The highest BCUT2D eigenvalue weighted by atomic mass is 32.2. The molecular formula is C13H19N3O2S. The summed E-state index contributed by atoms with van der Waals surface area (Å²) in [6.07, 6.45) is 0.759. The molecule has 0 saturated carbocycles. The van der Waals surface area contributed by atoms with Gasteiger partial charge in [0.15, 0.2) is 0 Å². The van der Waals surface area contributed by atoms with E-state index >= 15 is 0 Å². The molecule has 1 aromatic rings. The molecule has 0 aliphatic heterocycles. The number of anilines is 1. The van der Waals surface area contributed by atoms with E-state index in [1.807, 2.05) is 13.0 Å². The average molecular weight is 281 g/mol. The molecule has 0 bridgehead atoms. The number of nitriles is 1. The van der Waals surface area contributed by atoms with Crippen LogP contribution in [0, 0.1) is 11.3 Å². The Kier molecular flexibility index (Phi) is 4.92. The van der Waals surface area contributed by atoms with Crippen molar-refractivity contribution in [2.24, 2.45) is 0 Å². The van der Waals surface area contributed by atoms with E-state index < -0.39 is 10.0 Å². The topological polar surface area (TPSA) is 87.2 Å². The molecule has 1 rings (SSSR count). The zero-order valence-electron chi connectivity index (χ0n) is 11.4. The Morgan fingerprint density at radius 3 is 2.63 bits per heavy atom. The molecule has 19 heavy (non-hydrogen) atoms. The first kappa shape index (κ1) is 15.5. The number of nitrogen functional groups attached to an aromatic ring is 1. The normalized spacial score (nSPS) is 13.2. The highest BCUT2D eigenvalue weighted by molar-refractivity contribution is 7.89. The molecule has 0 aliphatic rings. The molecule has 0 radical (unpaired) electrons. The van der Waals surface area contributed by atoms with Gasteiger partial charge in [0.25, 0.3) is 0 Å². The van der Waals surface area contributed by atoms with Crippen LogP contribution in [-0.4, -0.2) is 25.8 Å². The largest absolute Gasteiger partial charge is 0.399 e. The van der Waals surface area contributed by atoms with Gasteiger partial charge < -0.3 is 5.73 Å². The minimum atomic E-state index is -3.62. The Balaban J connectivity index is 3.27. The van der Waals surface area contributed by atoms with Crippen LogP contribution < -0.4 is 5.73 Å². The number of nitrogens with zero attached hydrogens (tertiary/aromatic N) is 2. The Morgan fingerprint density at radius 1 is 1.47 bits per heavy atom.